The van der Waals surface area contributed by atoms with Gasteiger partial charge < -0.3 is 15.2 Å². The molecule has 0 aliphatic carbocycles. The summed E-state index contributed by atoms with van der Waals surface area (Å²) in [7, 11) is 0. The van der Waals surface area contributed by atoms with Gasteiger partial charge in [-0.15, -0.1) is 11.3 Å². The lowest BCUT2D eigenvalue weighted by atomic mass is 10.0. The molecule has 2 aromatic rings. The largest absolute Gasteiger partial charge is 0.390 e. The number of likely N-dealkylation sites (tertiary alicyclic amines) is 1. The maximum absolute atomic E-state index is 12.1. The van der Waals surface area contributed by atoms with E-state index in [2.05, 4.69) is 20.6 Å². The van der Waals surface area contributed by atoms with Crippen LogP contribution >= 0.6 is 11.3 Å². The van der Waals surface area contributed by atoms with Crippen LogP contribution in [0.1, 0.15) is 22.7 Å². The Morgan fingerprint density at radius 2 is 2.23 bits per heavy atom. The van der Waals surface area contributed by atoms with Crippen LogP contribution in [0.25, 0.3) is 0 Å². The molecule has 0 spiro atoms. The summed E-state index contributed by atoms with van der Waals surface area (Å²) >= 11 is 1.64. The summed E-state index contributed by atoms with van der Waals surface area (Å²) in [4.78, 5) is 18.7. The highest BCUT2D eigenvalue weighted by Crippen LogP contribution is 2.16. The third-order valence-electron chi connectivity index (χ3n) is 4.41. The van der Waals surface area contributed by atoms with Crippen molar-refractivity contribution in [2.45, 2.75) is 38.6 Å². The Morgan fingerprint density at radius 1 is 1.42 bits per heavy atom. The molecule has 140 valence electrons. The number of rotatable bonds is 7. The van der Waals surface area contributed by atoms with Gasteiger partial charge in [0.1, 0.15) is 6.61 Å². The third kappa shape index (κ3) is 5.60. The Hall–Kier alpha value is -1.80. The van der Waals surface area contributed by atoms with Crippen molar-refractivity contribution in [1.82, 2.24) is 15.2 Å². The van der Waals surface area contributed by atoms with Crippen LogP contribution in [-0.2, 0) is 22.7 Å². The number of aliphatic hydroxyl groups is 1. The number of nitrogens with one attached hydrogen (secondary N) is 1. The molecule has 1 saturated heterocycles. The van der Waals surface area contributed by atoms with Crippen molar-refractivity contribution in [2.75, 3.05) is 19.7 Å². The van der Waals surface area contributed by atoms with E-state index in [4.69, 9.17) is 4.74 Å². The molecular formula is C19H25N3O3S. The van der Waals surface area contributed by atoms with E-state index in [0.717, 1.165) is 29.4 Å². The molecule has 3 rings (SSSR count). The van der Waals surface area contributed by atoms with Gasteiger partial charge in [0.15, 0.2) is 0 Å². The Morgan fingerprint density at radius 3 is 2.92 bits per heavy atom. The van der Waals surface area contributed by atoms with Gasteiger partial charge in [0, 0.05) is 25.0 Å². The summed E-state index contributed by atoms with van der Waals surface area (Å²) in [6, 6.07) is 9.52. The van der Waals surface area contributed by atoms with Crippen molar-refractivity contribution in [2.24, 2.45) is 0 Å². The van der Waals surface area contributed by atoms with Gasteiger partial charge in [-0.3, -0.25) is 9.69 Å². The van der Waals surface area contributed by atoms with Crippen LogP contribution in [0.2, 0.25) is 0 Å². The summed E-state index contributed by atoms with van der Waals surface area (Å²) in [6.07, 6.45) is 0.135. The van der Waals surface area contributed by atoms with Gasteiger partial charge in [0.25, 0.3) is 0 Å². The van der Waals surface area contributed by atoms with Crippen LogP contribution in [0.3, 0.4) is 0 Å². The zero-order valence-electron chi connectivity index (χ0n) is 14.9. The van der Waals surface area contributed by atoms with E-state index >= 15 is 0 Å². The van der Waals surface area contributed by atoms with Crippen molar-refractivity contribution < 1.29 is 14.6 Å². The number of aromatic nitrogens is 1. The fourth-order valence-corrected chi connectivity index (χ4v) is 3.71. The predicted octanol–water partition coefficient (Wildman–Crippen LogP) is 1.72. The van der Waals surface area contributed by atoms with Gasteiger partial charge in [0.05, 0.1) is 29.5 Å². The van der Waals surface area contributed by atoms with Crippen molar-refractivity contribution >= 4 is 17.2 Å². The number of hydrogen-bond acceptors (Lipinski definition) is 6. The zero-order chi connectivity index (χ0) is 18.4. The standard InChI is InChI=1S/C19H25N3O3S/c1-14-20-16(13-26-14)9-22-8-7-17(18(23)10-22)21-19(24)12-25-11-15-5-3-2-4-6-15/h2-6,13,17-18,23H,7-12H2,1H3,(H,21,24)/t17-,18-/m1/s1. The fourth-order valence-electron chi connectivity index (χ4n) is 3.10. The Labute approximate surface area is 157 Å². The lowest BCUT2D eigenvalue weighted by molar-refractivity contribution is -0.128. The Kier molecular flexibility index (Phi) is 6.73. The highest BCUT2D eigenvalue weighted by Gasteiger charge is 2.29. The van der Waals surface area contributed by atoms with Gasteiger partial charge >= 0.3 is 0 Å². The molecule has 1 aromatic heterocycles. The molecule has 0 saturated carbocycles. The van der Waals surface area contributed by atoms with Gasteiger partial charge in [-0.25, -0.2) is 4.98 Å². The maximum atomic E-state index is 12.1. The highest BCUT2D eigenvalue weighted by atomic mass is 32.1. The fraction of sp³-hybridized carbons (Fsp3) is 0.474. The number of aryl methyl sites for hydroxylation is 1. The first-order valence-electron chi connectivity index (χ1n) is 8.82. The monoisotopic (exact) mass is 375 g/mol. The van der Waals surface area contributed by atoms with E-state index in [-0.39, 0.29) is 18.6 Å². The molecule has 0 bridgehead atoms. The van der Waals surface area contributed by atoms with Crippen LogP contribution in [0.5, 0.6) is 0 Å². The number of carbonyl (C=O) groups is 1. The van der Waals surface area contributed by atoms with Crippen molar-refractivity contribution in [3.8, 4) is 0 Å². The topological polar surface area (TPSA) is 74.7 Å². The smallest absolute Gasteiger partial charge is 0.246 e. The SMILES string of the molecule is Cc1nc(CN2CC[C@@H](NC(=O)COCc3ccccc3)[C@H](O)C2)cs1. The first-order valence-corrected chi connectivity index (χ1v) is 9.70. The second-order valence-electron chi connectivity index (χ2n) is 6.60. The number of β-amino-alcohol motifs (C(OH)–C–C–N with tert-alkyl or cyclic N) is 1. The minimum Gasteiger partial charge on any atom is -0.390 e. The number of nitrogens with zero attached hydrogens (tertiary/aromatic N) is 2. The average Bonchev–Trinajstić information content (AvgIpc) is 3.03. The molecule has 6 nitrogen and oxygen atoms in total. The number of carbonyl (C=O) groups excluding carboxylic acids is 1. The van der Waals surface area contributed by atoms with Crippen molar-refractivity contribution in [3.63, 3.8) is 0 Å². The molecule has 0 unspecified atom stereocenters. The molecule has 0 radical (unpaired) electrons. The van der Waals surface area contributed by atoms with E-state index in [1.54, 1.807) is 11.3 Å². The number of amides is 1. The maximum Gasteiger partial charge on any atom is 0.246 e. The van der Waals surface area contributed by atoms with Crippen LogP contribution in [0, 0.1) is 6.92 Å². The number of thiazole rings is 1. The summed E-state index contributed by atoms with van der Waals surface area (Å²) < 4.78 is 5.45. The second kappa shape index (κ2) is 9.23. The molecule has 1 aliphatic rings. The number of aliphatic hydroxyl groups excluding tert-OH is 1. The second-order valence-corrected chi connectivity index (χ2v) is 7.66. The minimum absolute atomic E-state index is 0.0000702. The molecule has 26 heavy (non-hydrogen) atoms. The van der Waals surface area contributed by atoms with Crippen molar-refractivity contribution in [3.05, 3.63) is 52.0 Å². The summed E-state index contributed by atoms with van der Waals surface area (Å²) in [5.74, 6) is -0.187. The molecule has 1 aliphatic heterocycles. The van der Waals surface area contributed by atoms with Crippen LogP contribution in [0.15, 0.2) is 35.7 Å². The zero-order valence-corrected chi connectivity index (χ0v) is 15.7. The van der Waals surface area contributed by atoms with E-state index in [1.807, 2.05) is 37.3 Å². The molecule has 1 aromatic carbocycles. The van der Waals surface area contributed by atoms with E-state index in [1.165, 1.54) is 0 Å². The Bertz CT molecular complexity index is 707. The summed E-state index contributed by atoms with van der Waals surface area (Å²) in [5.41, 5.74) is 2.07. The highest BCUT2D eigenvalue weighted by molar-refractivity contribution is 7.09. The molecule has 1 amide bonds. The first-order chi connectivity index (χ1) is 12.6. The molecule has 1 fully saturated rings. The average molecular weight is 375 g/mol. The van der Waals surface area contributed by atoms with Crippen LogP contribution in [0.4, 0.5) is 0 Å². The number of hydrogen-bond donors (Lipinski definition) is 2. The van der Waals surface area contributed by atoms with Gasteiger partial charge in [-0.05, 0) is 18.9 Å². The first kappa shape index (κ1) is 19.0. The van der Waals surface area contributed by atoms with E-state index in [9.17, 15) is 9.90 Å². The van der Waals surface area contributed by atoms with Gasteiger partial charge in [-0.2, -0.15) is 0 Å². The molecule has 7 heteroatoms. The van der Waals surface area contributed by atoms with E-state index in [0.29, 0.717) is 19.6 Å². The van der Waals surface area contributed by atoms with Gasteiger partial charge in [-0.1, -0.05) is 30.3 Å². The lowest BCUT2D eigenvalue weighted by Gasteiger charge is -2.35. The number of benzene rings is 1. The third-order valence-corrected chi connectivity index (χ3v) is 5.23. The molecule has 2 N–H and O–H groups in total. The van der Waals surface area contributed by atoms with E-state index < -0.39 is 6.10 Å². The molecular weight excluding hydrogens is 350 g/mol. The number of piperidine rings is 1. The summed E-state index contributed by atoms with van der Waals surface area (Å²) in [5, 5.41) is 16.4. The molecule has 2 atom stereocenters. The predicted molar refractivity (Wildman–Crippen MR) is 101 cm³/mol. The lowest BCUT2D eigenvalue weighted by Crippen LogP contribution is -2.54. The minimum atomic E-state index is -0.582. The normalized spacial score (nSPS) is 20.8. The van der Waals surface area contributed by atoms with Crippen molar-refractivity contribution in [1.29, 1.82) is 0 Å². The molecule has 2 heterocycles. The quantitative estimate of drug-likeness (QED) is 0.771. The Balaban J connectivity index is 1.38. The summed E-state index contributed by atoms with van der Waals surface area (Å²) in [6.45, 7) is 4.49. The van der Waals surface area contributed by atoms with Gasteiger partial charge in [0.2, 0.25) is 5.91 Å². The van der Waals surface area contributed by atoms with Crippen LogP contribution in [-0.4, -0.2) is 52.7 Å². The number of ether oxygens (including phenoxy) is 1. The van der Waals surface area contributed by atoms with Crippen LogP contribution < -0.4 is 5.32 Å².